The fourth-order valence-corrected chi connectivity index (χ4v) is 2.92. The zero-order valence-electron chi connectivity index (χ0n) is 15.0. The molecule has 1 aromatic rings. The van der Waals surface area contributed by atoms with E-state index in [1.165, 1.54) is 22.3 Å². The number of rotatable bonds is 3. The highest BCUT2D eigenvalue weighted by Gasteiger charge is 2.24. The second-order valence-corrected chi connectivity index (χ2v) is 7.58. The van der Waals surface area contributed by atoms with Crippen LogP contribution in [0.25, 0.3) is 5.57 Å². The molecule has 1 aromatic carbocycles. The smallest absolute Gasteiger partial charge is 0.0446 e. The largest absolute Gasteiger partial charge is 0.378 e. The van der Waals surface area contributed by atoms with Crippen LogP contribution in [0.5, 0.6) is 0 Å². The maximum atomic E-state index is 8.68. The van der Waals surface area contributed by atoms with Gasteiger partial charge in [-0.25, -0.2) is 0 Å². The Kier molecular flexibility index (Phi) is 4.32. The van der Waals surface area contributed by atoms with Crippen molar-refractivity contribution in [2.45, 2.75) is 41.0 Å². The molecule has 0 saturated carbocycles. The molecule has 0 radical (unpaired) electrons. The summed E-state index contributed by atoms with van der Waals surface area (Å²) in [4.78, 5) is 2.10. The number of hydrogen-bond donors (Lipinski definition) is 1. The quantitative estimate of drug-likeness (QED) is 0.754. The van der Waals surface area contributed by atoms with Crippen LogP contribution in [0.2, 0.25) is 0 Å². The Morgan fingerprint density at radius 3 is 2.23 bits per heavy atom. The first-order chi connectivity index (χ1) is 10.1. The molecule has 1 aliphatic carbocycles. The zero-order chi connectivity index (χ0) is 16.7. The first-order valence-corrected chi connectivity index (χ1v) is 7.89. The lowest BCUT2D eigenvalue weighted by molar-refractivity contribution is 0.588. The molecular formula is C20H28N2. The van der Waals surface area contributed by atoms with Crippen molar-refractivity contribution in [1.82, 2.24) is 0 Å². The summed E-state index contributed by atoms with van der Waals surface area (Å²) in [5, 5.41) is 8.68. The van der Waals surface area contributed by atoms with Crippen LogP contribution in [0.15, 0.2) is 35.4 Å². The van der Waals surface area contributed by atoms with Crippen molar-refractivity contribution in [2.24, 2.45) is 5.41 Å². The minimum absolute atomic E-state index is 0.158. The summed E-state index contributed by atoms with van der Waals surface area (Å²) < 4.78 is 0. The number of allylic oxidation sites excluding steroid dienone is 4. The van der Waals surface area contributed by atoms with Gasteiger partial charge in [-0.1, -0.05) is 38.5 Å². The summed E-state index contributed by atoms with van der Waals surface area (Å²) in [7, 11) is 4.09. The van der Waals surface area contributed by atoms with E-state index in [4.69, 9.17) is 5.41 Å². The van der Waals surface area contributed by atoms with E-state index in [0.717, 1.165) is 17.7 Å². The number of nitrogens with zero attached hydrogens (tertiary/aromatic N) is 1. The predicted octanol–water partition coefficient (Wildman–Crippen LogP) is 5.29. The molecule has 0 saturated heterocycles. The lowest BCUT2D eigenvalue weighted by Gasteiger charge is -2.25. The van der Waals surface area contributed by atoms with E-state index in [1.54, 1.807) is 0 Å². The van der Waals surface area contributed by atoms with E-state index >= 15 is 0 Å². The molecule has 0 heterocycles. The van der Waals surface area contributed by atoms with Crippen molar-refractivity contribution in [3.05, 3.63) is 46.5 Å². The summed E-state index contributed by atoms with van der Waals surface area (Å²) in [5.74, 6) is 0. The molecule has 1 aliphatic rings. The van der Waals surface area contributed by atoms with Crippen molar-refractivity contribution in [3.63, 3.8) is 0 Å². The van der Waals surface area contributed by atoms with Crippen LogP contribution < -0.4 is 4.90 Å². The van der Waals surface area contributed by atoms with Gasteiger partial charge in [0.2, 0.25) is 0 Å². The van der Waals surface area contributed by atoms with Gasteiger partial charge in [-0.05, 0) is 49.1 Å². The van der Waals surface area contributed by atoms with Crippen LogP contribution >= 0.6 is 0 Å². The standard InChI is InChI=1S/C20H28N2/c1-13-10-14(2)17(11-13)16-9-8-15(22(6)7)12-18(16)19(21)20(3,4)5/h8-10,12,21H,11H2,1-7H3. The third kappa shape index (κ3) is 3.16. The highest BCUT2D eigenvalue weighted by molar-refractivity contribution is 6.06. The molecule has 22 heavy (non-hydrogen) atoms. The van der Waals surface area contributed by atoms with Gasteiger partial charge in [-0.3, -0.25) is 0 Å². The molecule has 0 unspecified atom stereocenters. The van der Waals surface area contributed by atoms with Crippen LogP contribution in [-0.2, 0) is 0 Å². The topological polar surface area (TPSA) is 27.1 Å². The predicted molar refractivity (Wildman–Crippen MR) is 98.0 cm³/mol. The first kappa shape index (κ1) is 16.5. The fourth-order valence-electron chi connectivity index (χ4n) is 2.92. The lowest BCUT2D eigenvalue weighted by atomic mass is 9.81. The average Bonchev–Trinajstić information content (AvgIpc) is 2.75. The number of hydrogen-bond acceptors (Lipinski definition) is 2. The Morgan fingerprint density at radius 1 is 1.14 bits per heavy atom. The van der Waals surface area contributed by atoms with E-state index in [0.29, 0.717) is 5.71 Å². The highest BCUT2D eigenvalue weighted by atomic mass is 15.1. The van der Waals surface area contributed by atoms with Crippen molar-refractivity contribution >= 4 is 17.0 Å². The van der Waals surface area contributed by atoms with Gasteiger partial charge in [0.15, 0.2) is 0 Å². The summed E-state index contributed by atoms with van der Waals surface area (Å²) >= 11 is 0. The van der Waals surface area contributed by atoms with E-state index in [-0.39, 0.29) is 5.41 Å². The second kappa shape index (κ2) is 5.75. The monoisotopic (exact) mass is 296 g/mol. The van der Waals surface area contributed by atoms with Gasteiger partial charge in [0.05, 0.1) is 0 Å². The Bertz CT molecular complexity index is 667. The molecule has 0 amide bonds. The molecule has 0 aromatic heterocycles. The third-order valence-electron chi connectivity index (χ3n) is 4.26. The van der Waals surface area contributed by atoms with Crippen LogP contribution in [0.3, 0.4) is 0 Å². The minimum Gasteiger partial charge on any atom is -0.378 e. The summed E-state index contributed by atoms with van der Waals surface area (Å²) in [6.45, 7) is 10.7. The SMILES string of the molecule is CC1=CC(C)=C(c2ccc(N(C)C)cc2C(=N)C(C)(C)C)C1. The zero-order valence-corrected chi connectivity index (χ0v) is 15.0. The molecule has 1 N–H and O–H groups in total. The number of benzene rings is 1. The van der Waals surface area contributed by atoms with Crippen molar-refractivity contribution < 1.29 is 0 Å². The summed E-state index contributed by atoms with van der Waals surface area (Å²) in [6.07, 6.45) is 3.26. The Morgan fingerprint density at radius 2 is 1.77 bits per heavy atom. The maximum Gasteiger partial charge on any atom is 0.0446 e. The summed E-state index contributed by atoms with van der Waals surface area (Å²) in [6, 6.07) is 6.51. The van der Waals surface area contributed by atoms with Crippen molar-refractivity contribution in [1.29, 1.82) is 5.41 Å². The Balaban J connectivity index is 2.60. The highest BCUT2D eigenvalue weighted by Crippen LogP contribution is 2.37. The molecule has 2 heteroatoms. The Hall–Kier alpha value is -1.83. The third-order valence-corrected chi connectivity index (χ3v) is 4.26. The second-order valence-electron chi connectivity index (χ2n) is 7.58. The van der Waals surface area contributed by atoms with Crippen molar-refractivity contribution in [2.75, 3.05) is 19.0 Å². The normalized spacial score (nSPS) is 15.1. The Labute approximate surface area is 135 Å². The van der Waals surface area contributed by atoms with Crippen LogP contribution in [-0.4, -0.2) is 19.8 Å². The van der Waals surface area contributed by atoms with Crippen LogP contribution in [0.1, 0.15) is 52.2 Å². The van der Waals surface area contributed by atoms with Gasteiger partial charge < -0.3 is 10.3 Å². The van der Waals surface area contributed by atoms with Gasteiger partial charge in [-0.2, -0.15) is 0 Å². The molecular weight excluding hydrogens is 268 g/mol. The van der Waals surface area contributed by atoms with Gasteiger partial charge in [0.25, 0.3) is 0 Å². The molecule has 0 aliphatic heterocycles. The van der Waals surface area contributed by atoms with Crippen LogP contribution in [0.4, 0.5) is 5.69 Å². The van der Waals surface area contributed by atoms with E-state index in [9.17, 15) is 0 Å². The van der Waals surface area contributed by atoms with Gasteiger partial charge in [0, 0.05) is 36.5 Å². The van der Waals surface area contributed by atoms with E-state index in [2.05, 4.69) is 63.8 Å². The minimum atomic E-state index is -0.158. The van der Waals surface area contributed by atoms with Gasteiger partial charge in [-0.15, -0.1) is 0 Å². The van der Waals surface area contributed by atoms with Crippen molar-refractivity contribution in [3.8, 4) is 0 Å². The van der Waals surface area contributed by atoms with Gasteiger partial charge in [0.1, 0.15) is 0 Å². The molecule has 2 nitrogen and oxygen atoms in total. The maximum absolute atomic E-state index is 8.68. The molecule has 0 bridgehead atoms. The first-order valence-electron chi connectivity index (χ1n) is 7.89. The molecule has 0 spiro atoms. The lowest BCUT2D eigenvalue weighted by Crippen LogP contribution is -2.22. The summed E-state index contributed by atoms with van der Waals surface area (Å²) in [5.41, 5.74) is 8.08. The fraction of sp³-hybridized carbons (Fsp3) is 0.450. The van der Waals surface area contributed by atoms with E-state index < -0.39 is 0 Å². The van der Waals surface area contributed by atoms with Gasteiger partial charge >= 0.3 is 0 Å². The number of nitrogens with one attached hydrogen (secondary N) is 1. The van der Waals surface area contributed by atoms with Crippen LogP contribution in [0, 0.1) is 10.8 Å². The van der Waals surface area contributed by atoms with E-state index in [1.807, 2.05) is 14.1 Å². The average molecular weight is 296 g/mol. The molecule has 118 valence electrons. The molecule has 0 fully saturated rings. The molecule has 2 rings (SSSR count). The molecule has 0 atom stereocenters. The number of anilines is 1.